The summed E-state index contributed by atoms with van der Waals surface area (Å²) in [6.45, 7) is 3.87. The summed E-state index contributed by atoms with van der Waals surface area (Å²) >= 11 is 0. The maximum absolute atomic E-state index is 12.7. The molecule has 1 spiro atoms. The Kier molecular flexibility index (Phi) is 3.45. The van der Waals surface area contributed by atoms with Crippen molar-refractivity contribution in [1.29, 1.82) is 0 Å². The third kappa shape index (κ3) is 2.55. The van der Waals surface area contributed by atoms with Gasteiger partial charge in [0, 0.05) is 13.0 Å². The van der Waals surface area contributed by atoms with Crippen LogP contribution in [0.15, 0.2) is 29.4 Å². The Balaban J connectivity index is 1.49. The SMILES string of the molecule is Cc1occc1C(=O)N1CCCC2(CC(n3cnnc3)CO2)C1. The maximum Gasteiger partial charge on any atom is 0.257 e. The van der Waals surface area contributed by atoms with Gasteiger partial charge in [0.15, 0.2) is 0 Å². The number of likely N-dealkylation sites (tertiary alicyclic amines) is 1. The number of hydrogen-bond acceptors (Lipinski definition) is 5. The minimum absolute atomic E-state index is 0.0340. The Labute approximate surface area is 134 Å². The van der Waals surface area contributed by atoms with Crippen LogP contribution in [0.25, 0.3) is 0 Å². The molecule has 0 aliphatic carbocycles. The Morgan fingerprint density at radius 2 is 2.22 bits per heavy atom. The van der Waals surface area contributed by atoms with Crippen LogP contribution in [0.5, 0.6) is 0 Å². The van der Waals surface area contributed by atoms with Gasteiger partial charge in [0.05, 0.1) is 36.6 Å². The lowest BCUT2D eigenvalue weighted by Gasteiger charge is -2.39. The zero-order valence-corrected chi connectivity index (χ0v) is 13.1. The van der Waals surface area contributed by atoms with E-state index >= 15 is 0 Å². The molecule has 0 N–H and O–H groups in total. The Hall–Kier alpha value is -2.15. The number of amides is 1. The van der Waals surface area contributed by atoms with Gasteiger partial charge >= 0.3 is 0 Å². The second-order valence-corrected chi connectivity index (χ2v) is 6.48. The molecular weight excluding hydrogens is 296 g/mol. The van der Waals surface area contributed by atoms with Gasteiger partial charge in [0.2, 0.25) is 0 Å². The summed E-state index contributed by atoms with van der Waals surface area (Å²) < 4.78 is 13.4. The van der Waals surface area contributed by atoms with Crippen molar-refractivity contribution in [3.05, 3.63) is 36.3 Å². The summed E-state index contributed by atoms with van der Waals surface area (Å²) in [5.74, 6) is 0.705. The average Bonchev–Trinajstić information content (AvgIpc) is 3.28. The van der Waals surface area contributed by atoms with Crippen LogP contribution in [0.2, 0.25) is 0 Å². The van der Waals surface area contributed by atoms with E-state index in [2.05, 4.69) is 10.2 Å². The van der Waals surface area contributed by atoms with E-state index in [0.29, 0.717) is 24.5 Å². The fourth-order valence-corrected chi connectivity index (χ4v) is 3.74. The molecule has 2 unspecified atom stereocenters. The highest BCUT2D eigenvalue weighted by Gasteiger charge is 2.45. The highest BCUT2D eigenvalue weighted by Crippen LogP contribution is 2.39. The maximum atomic E-state index is 12.7. The number of aromatic nitrogens is 3. The molecule has 0 saturated carbocycles. The molecule has 1 amide bonds. The van der Waals surface area contributed by atoms with E-state index < -0.39 is 0 Å². The largest absolute Gasteiger partial charge is 0.469 e. The summed E-state index contributed by atoms with van der Waals surface area (Å²) in [5, 5.41) is 7.74. The third-order valence-electron chi connectivity index (χ3n) is 4.96. The number of furan rings is 1. The Morgan fingerprint density at radius 1 is 1.39 bits per heavy atom. The van der Waals surface area contributed by atoms with E-state index in [0.717, 1.165) is 25.8 Å². The first-order valence-corrected chi connectivity index (χ1v) is 7.98. The van der Waals surface area contributed by atoms with Crippen LogP contribution in [0.1, 0.15) is 41.4 Å². The molecule has 0 aromatic carbocycles. The highest BCUT2D eigenvalue weighted by atomic mass is 16.5. The molecule has 2 fully saturated rings. The van der Waals surface area contributed by atoms with E-state index in [4.69, 9.17) is 9.15 Å². The predicted molar refractivity (Wildman–Crippen MR) is 80.9 cm³/mol. The number of aryl methyl sites for hydroxylation is 1. The summed E-state index contributed by atoms with van der Waals surface area (Å²) in [6.07, 6.45) is 7.86. The first-order valence-electron chi connectivity index (χ1n) is 7.98. The van der Waals surface area contributed by atoms with Crippen molar-refractivity contribution in [3.63, 3.8) is 0 Å². The normalized spacial score (nSPS) is 27.7. The first kappa shape index (κ1) is 14.4. The number of ether oxygens (including phenoxy) is 1. The van der Waals surface area contributed by atoms with Gasteiger partial charge in [-0.2, -0.15) is 0 Å². The van der Waals surface area contributed by atoms with Gasteiger partial charge in [-0.15, -0.1) is 10.2 Å². The van der Waals surface area contributed by atoms with Gasteiger partial charge in [-0.25, -0.2) is 0 Å². The number of rotatable bonds is 2. The number of nitrogens with zero attached hydrogens (tertiary/aromatic N) is 4. The average molecular weight is 316 g/mol. The van der Waals surface area contributed by atoms with Crippen LogP contribution < -0.4 is 0 Å². The second kappa shape index (κ2) is 5.49. The molecule has 7 nitrogen and oxygen atoms in total. The Morgan fingerprint density at radius 3 is 2.96 bits per heavy atom. The van der Waals surface area contributed by atoms with Crippen molar-refractivity contribution in [1.82, 2.24) is 19.7 Å². The third-order valence-corrected chi connectivity index (χ3v) is 4.96. The van der Waals surface area contributed by atoms with Crippen molar-refractivity contribution in [2.75, 3.05) is 19.7 Å². The van der Waals surface area contributed by atoms with E-state index in [1.54, 1.807) is 25.0 Å². The quantitative estimate of drug-likeness (QED) is 0.845. The zero-order valence-electron chi connectivity index (χ0n) is 13.1. The van der Waals surface area contributed by atoms with Crippen LogP contribution in [0, 0.1) is 6.92 Å². The number of hydrogen-bond donors (Lipinski definition) is 0. The number of carbonyl (C=O) groups excluding carboxylic acids is 1. The first-order chi connectivity index (χ1) is 11.2. The lowest BCUT2D eigenvalue weighted by molar-refractivity contribution is -0.0449. The standard InChI is InChI=1S/C16H20N4O3/c1-12-14(3-6-22-12)15(21)19-5-2-4-16(9-19)7-13(8-23-16)20-10-17-18-11-20/h3,6,10-11,13H,2,4-5,7-9H2,1H3. The van der Waals surface area contributed by atoms with Crippen molar-refractivity contribution in [2.45, 2.75) is 37.8 Å². The van der Waals surface area contributed by atoms with Crippen molar-refractivity contribution < 1.29 is 13.9 Å². The van der Waals surface area contributed by atoms with Crippen LogP contribution >= 0.6 is 0 Å². The molecule has 0 radical (unpaired) electrons. The van der Waals surface area contributed by atoms with Gasteiger partial charge in [0.25, 0.3) is 5.91 Å². The van der Waals surface area contributed by atoms with E-state index in [1.807, 2.05) is 16.4 Å². The summed E-state index contributed by atoms with van der Waals surface area (Å²) in [5.41, 5.74) is 0.399. The van der Waals surface area contributed by atoms with E-state index in [1.165, 1.54) is 0 Å². The minimum atomic E-state index is -0.250. The second-order valence-electron chi connectivity index (χ2n) is 6.48. The lowest BCUT2D eigenvalue weighted by Crippen LogP contribution is -2.50. The molecule has 2 saturated heterocycles. The molecule has 4 heterocycles. The van der Waals surface area contributed by atoms with Crippen LogP contribution in [0.3, 0.4) is 0 Å². The molecule has 2 aliphatic heterocycles. The highest BCUT2D eigenvalue weighted by molar-refractivity contribution is 5.95. The molecule has 4 rings (SSSR count). The molecular formula is C16H20N4O3. The number of piperidine rings is 1. The Bertz CT molecular complexity index is 696. The summed E-state index contributed by atoms with van der Waals surface area (Å²) in [7, 11) is 0. The lowest BCUT2D eigenvalue weighted by atomic mass is 9.88. The molecule has 2 aromatic rings. The smallest absolute Gasteiger partial charge is 0.257 e. The molecule has 23 heavy (non-hydrogen) atoms. The summed E-state index contributed by atoms with van der Waals surface area (Å²) in [4.78, 5) is 14.6. The van der Waals surface area contributed by atoms with Gasteiger partial charge in [-0.1, -0.05) is 0 Å². The van der Waals surface area contributed by atoms with Gasteiger partial charge in [-0.3, -0.25) is 4.79 Å². The fraction of sp³-hybridized carbons (Fsp3) is 0.562. The fourth-order valence-electron chi connectivity index (χ4n) is 3.74. The van der Waals surface area contributed by atoms with E-state index in [9.17, 15) is 4.79 Å². The number of carbonyl (C=O) groups is 1. The molecule has 2 aliphatic rings. The topological polar surface area (TPSA) is 73.4 Å². The molecule has 0 bridgehead atoms. The molecule has 2 atom stereocenters. The molecule has 7 heteroatoms. The zero-order chi connectivity index (χ0) is 15.9. The van der Waals surface area contributed by atoms with E-state index in [-0.39, 0.29) is 17.6 Å². The van der Waals surface area contributed by atoms with Crippen LogP contribution in [0.4, 0.5) is 0 Å². The van der Waals surface area contributed by atoms with Gasteiger partial charge < -0.3 is 18.6 Å². The van der Waals surface area contributed by atoms with Crippen molar-refractivity contribution in [3.8, 4) is 0 Å². The van der Waals surface area contributed by atoms with Gasteiger partial charge in [0.1, 0.15) is 18.4 Å². The van der Waals surface area contributed by atoms with Crippen LogP contribution in [-0.4, -0.2) is 50.9 Å². The van der Waals surface area contributed by atoms with Crippen molar-refractivity contribution in [2.24, 2.45) is 0 Å². The molecule has 2 aromatic heterocycles. The summed E-state index contributed by atoms with van der Waals surface area (Å²) in [6, 6.07) is 1.99. The predicted octanol–water partition coefficient (Wildman–Crippen LogP) is 1.82. The van der Waals surface area contributed by atoms with Crippen molar-refractivity contribution >= 4 is 5.91 Å². The molecule has 122 valence electrons. The van der Waals surface area contributed by atoms with Gasteiger partial charge in [-0.05, 0) is 25.8 Å². The monoisotopic (exact) mass is 316 g/mol. The minimum Gasteiger partial charge on any atom is -0.469 e. The van der Waals surface area contributed by atoms with Crippen LogP contribution in [-0.2, 0) is 4.74 Å².